The Morgan fingerprint density at radius 2 is 1.62 bits per heavy atom. The number of ether oxygens (including phenoxy) is 3. The average Bonchev–Trinajstić information content (AvgIpc) is 2.81. The lowest BCUT2D eigenvalue weighted by Gasteiger charge is -2.11. The van der Waals surface area contributed by atoms with Gasteiger partial charge in [0.25, 0.3) is 0 Å². The fourth-order valence-electron chi connectivity index (χ4n) is 2.67. The molecule has 0 aliphatic rings. The van der Waals surface area contributed by atoms with Crippen molar-refractivity contribution in [2.75, 3.05) is 26.6 Å². The minimum absolute atomic E-state index is 0.0548. The second kappa shape index (κ2) is 11.9. The summed E-state index contributed by atoms with van der Waals surface area (Å²) in [6.07, 6.45) is -0.0548. The van der Waals surface area contributed by atoms with Gasteiger partial charge in [0.1, 0.15) is 17.2 Å². The van der Waals surface area contributed by atoms with Gasteiger partial charge in [-0.1, -0.05) is 18.2 Å². The van der Waals surface area contributed by atoms with Crippen molar-refractivity contribution in [3.8, 4) is 17.2 Å². The molecule has 0 aliphatic heterocycles. The number of anilines is 1. The highest BCUT2D eigenvalue weighted by atomic mass is 16.5. The molecule has 10 nitrogen and oxygen atoms in total. The van der Waals surface area contributed by atoms with Gasteiger partial charge in [-0.2, -0.15) is 5.10 Å². The number of hydrogen-bond acceptors (Lipinski definition) is 7. The second-order valence-corrected chi connectivity index (χ2v) is 6.57. The molecule has 2 aromatic carbocycles. The molecule has 2 rings (SSSR count). The van der Waals surface area contributed by atoms with Gasteiger partial charge in [0.15, 0.2) is 0 Å². The molecule has 0 atom stereocenters. The molecule has 0 aromatic heterocycles. The number of nitrogens with zero attached hydrogens (tertiary/aromatic N) is 1. The van der Waals surface area contributed by atoms with E-state index in [4.69, 9.17) is 14.2 Å². The highest BCUT2D eigenvalue weighted by molar-refractivity contribution is 6.39. The van der Waals surface area contributed by atoms with Crippen molar-refractivity contribution in [2.45, 2.75) is 19.9 Å². The molecule has 0 saturated carbocycles. The third-order valence-corrected chi connectivity index (χ3v) is 4.29. The summed E-state index contributed by atoms with van der Waals surface area (Å²) in [5.41, 5.74) is 3.55. The van der Waals surface area contributed by atoms with Gasteiger partial charge >= 0.3 is 11.8 Å². The number of para-hydroxylation sites is 1. The van der Waals surface area contributed by atoms with Gasteiger partial charge in [-0.25, -0.2) is 5.43 Å². The number of carbonyl (C=O) groups is 3. The van der Waals surface area contributed by atoms with Gasteiger partial charge in [-0.3, -0.25) is 14.4 Å². The number of carbonyl (C=O) groups excluding carboxylic acids is 3. The maximum atomic E-state index is 12.2. The Morgan fingerprint density at radius 3 is 2.31 bits per heavy atom. The predicted octanol–water partition coefficient (Wildman–Crippen LogP) is 1.85. The predicted molar refractivity (Wildman–Crippen MR) is 119 cm³/mol. The first-order chi connectivity index (χ1) is 15.4. The van der Waals surface area contributed by atoms with Gasteiger partial charge in [-0.15, -0.1) is 0 Å². The fraction of sp³-hybridized carbons (Fsp3) is 0.273. The molecular formula is C22H26N4O6. The summed E-state index contributed by atoms with van der Waals surface area (Å²) in [5, 5.41) is 8.99. The number of amides is 3. The van der Waals surface area contributed by atoms with Crippen molar-refractivity contribution in [1.82, 2.24) is 10.7 Å². The number of nitrogens with one attached hydrogen (secondary N) is 3. The van der Waals surface area contributed by atoms with Crippen molar-refractivity contribution < 1.29 is 28.6 Å². The topological polar surface area (TPSA) is 127 Å². The highest BCUT2D eigenvalue weighted by Crippen LogP contribution is 2.28. The first-order valence-corrected chi connectivity index (χ1v) is 9.63. The molecule has 3 amide bonds. The standard InChI is InChI=1S/C22H26N4O6/c1-14(11-20(27)23-13-15-7-5-6-8-18(15)31-3)25-26-22(29)21(28)24-17-12-16(30-2)9-10-19(17)32-4/h5-10,12H,11,13H2,1-4H3,(H,23,27)(H,24,28)(H,26,29)/b25-14-. The molecule has 0 heterocycles. The maximum absolute atomic E-state index is 12.2. The largest absolute Gasteiger partial charge is 0.497 e. The van der Waals surface area contributed by atoms with Gasteiger partial charge in [0.2, 0.25) is 5.91 Å². The smallest absolute Gasteiger partial charge is 0.329 e. The van der Waals surface area contributed by atoms with E-state index in [0.717, 1.165) is 5.56 Å². The van der Waals surface area contributed by atoms with E-state index in [1.807, 2.05) is 18.2 Å². The third kappa shape index (κ3) is 7.01. The van der Waals surface area contributed by atoms with Gasteiger partial charge < -0.3 is 24.8 Å². The van der Waals surface area contributed by atoms with Crippen LogP contribution in [0, 0.1) is 0 Å². The van der Waals surface area contributed by atoms with Crippen LogP contribution in [0.15, 0.2) is 47.6 Å². The summed E-state index contributed by atoms with van der Waals surface area (Å²) in [6.45, 7) is 1.85. The molecule has 0 fully saturated rings. The van der Waals surface area contributed by atoms with E-state index in [-0.39, 0.29) is 24.6 Å². The van der Waals surface area contributed by atoms with E-state index in [9.17, 15) is 14.4 Å². The lowest BCUT2D eigenvalue weighted by Crippen LogP contribution is -2.33. The van der Waals surface area contributed by atoms with Gasteiger partial charge in [-0.05, 0) is 25.1 Å². The lowest BCUT2D eigenvalue weighted by molar-refractivity contribution is -0.136. The number of rotatable bonds is 9. The molecule has 3 N–H and O–H groups in total. The van der Waals surface area contributed by atoms with Crippen LogP contribution in [-0.2, 0) is 20.9 Å². The second-order valence-electron chi connectivity index (χ2n) is 6.57. The van der Waals surface area contributed by atoms with Crippen LogP contribution in [0.1, 0.15) is 18.9 Å². The Labute approximate surface area is 185 Å². The van der Waals surface area contributed by atoms with Crippen molar-refractivity contribution in [1.29, 1.82) is 0 Å². The van der Waals surface area contributed by atoms with Gasteiger partial charge in [0, 0.05) is 23.9 Å². The Kier molecular flexibility index (Phi) is 9.03. The lowest BCUT2D eigenvalue weighted by atomic mass is 10.2. The summed E-state index contributed by atoms with van der Waals surface area (Å²) in [7, 11) is 4.47. The van der Waals surface area contributed by atoms with Crippen LogP contribution in [0.5, 0.6) is 17.2 Å². The Morgan fingerprint density at radius 1 is 0.906 bits per heavy atom. The van der Waals surface area contributed by atoms with Crippen LogP contribution in [0.4, 0.5) is 5.69 Å². The van der Waals surface area contributed by atoms with E-state index in [1.165, 1.54) is 20.3 Å². The van der Waals surface area contributed by atoms with Crippen molar-refractivity contribution >= 4 is 29.1 Å². The number of hydrogen-bond donors (Lipinski definition) is 3. The van der Waals surface area contributed by atoms with Crippen LogP contribution < -0.4 is 30.3 Å². The zero-order valence-corrected chi connectivity index (χ0v) is 18.4. The molecular weight excluding hydrogens is 416 g/mol. The minimum atomic E-state index is -0.997. The highest BCUT2D eigenvalue weighted by Gasteiger charge is 2.16. The van der Waals surface area contributed by atoms with Crippen LogP contribution in [0.2, 0.25) is 0 Å². The minimum Gasteiger partial charge on any atom is -0.497 e. The molecule has 0 saturated heterocycles. The quantitative estimate of drug-likeness (QED) is 0.309. The Hall–Kier alpha value is -4.08. The van der Waals surface area contributed by atoms with Crippen molar-refractivity contribution in [3.63, 3.8) is 0 Å². The summed E-state index contributed by atoms with van der Waals surface area (Å²) in [5.74, 6) is -0.730. The molecule has 0 spiro atoms. The van der Waals surface area contributed by atoms with Crippen molar-refractivity contribution in [3.05, 3.63) is 48.0 Å². The third-order valence-electron chi connectivity index (χ3n) is 4.29. The van der Waals surface area contributed by atoms with E-state index in [1.54, 1.807) is 32.2 Å². The van der Waals surface area contributed by atoms with Crippen LogP contribution in [0.3, 0.4) is 0 Å². The maximum Gasteiger partial charge on any atom is 0.329 e. The first kappa shape index (κ1) is 24.2. The monoisotopic (exact) mass is 442 g/mol. The van der Waals surface area contributed by atoms with Crippen LogP contribution in [-0.4, -0.2) is 44.8 Å². The molecule has 10 heteroatoms. The molecule has 0 aliphatic carbocycles. The van der Waals surface area contributed by atoms with Crippen LogP contribution >= 0.6 is 0 Å². The molecule has 0 bridgehead atoms. The fourth-order valence-corrected chi connectivity index (χ4v) is 2.67. The van der Waals surface area contributed by atoms with E-state index < -0.39 is 11.8 Å². The molecule has 170 valence electrons. The average molecular weight is 442 g/mol. The number of hydrazone groups is 1. The molecule has 32 heavy (non-hydrogen) atoms. The van der Waals surface area contributed by atoms with E-state index in [2.05, 4.69) is 21.2 Å². The molecule has 0 unspecified atom stereocenters. The normalized spacial score (nSPS) is 10.7. The first-order valence-electron chi connectivity index (χ1n) is 9.63. The SMILES string of the molecule is COc1ccc(OC)c(NC(=O)C(=O)N/N=C(/C)CC(=O)NCc2ccccc2OC)c1. The molecule has 2 aromatic rings. The van der Waals surface area contributed by atoms with E-state index >= 15 is 0 Å². The van der Waals surface area contributed by atoms with E-state index in [0.29, 0.717) is 23.0 Å². The Balaban J connectivity index is 1.87. The number of methoxy groups -OCH3 is 3. The summed E-state index contributed by atoms with van der Waals surface area (Å²) >= 11 is 0. The van der Waals surface area contributed by atoms with Crippen LogP contribution in [0.25, 0.3) is 0 Å². The summed E-state index contributed by atoms with van der Waals surface area (Å²) in [4.78, 5) is 36.3. The summed E-state index contributed by atoms with van der Waals surface area (Å²) < 4.78 is 15.5. The summed E-state index contributed by atoms with van der Waals surface area (Å²) in [6, 6.07) is 12.1. The molecule has 0 radical (unpaired) electrons. The van der Waals surface area contributed by atoms with Gasteiger partial charge in [0.05, 0.1) is 33.4 Å². The zero-order chi connectivity index (χ0) is 23.5. The number of benzene rings is 2. The zero-order valence-electron chi connectivity index (χ0n) is 18.4. The Bertz CT molecular complexity index is 1010. The van der Waals surface area contributed by atoms with Crippen molar-refractivity contribution in [2.24, 2.45) is 5.10 Å².